The SMILES string of the molecule is C=COC(=O)C(C)CN(CC)c1ccccc1. The first-order valence-corrected chi connectivity index (χ1v) is 5.80. The highest BCUT2D eigenvalue weighted by atomic mass is 16.5. The van der Waals surface area contributed by atoms with Crippen LogP contribution in [0.4, 0.5) is 5.69 Å². The van der Waals surface area contributed by atoms with Gasteiger partial charge in [0.2, 0.25) is 0 Å². The van der Waals surface area contributed by atoms with Crippen molar-refractivity contribution in [3.05, 3.63) is 43.2 Å². The Kier molecular flexibility index (Phi) is 5.27. The van der Waals surface area contributed by atoms with Crippen LogP contribution in [0.15, 0.2) is 43.2 Å². The Morgan fingerprint density at radius 1 is 1.47 bits per heavy atom. The van der Waals surface area contributed by atoms with E-state index in [4.69, 9.17) is 4.74 Å². The highest BCUT2D eigenvalue weighted by Gasteiger charge is 2.17. The normalized spacial score (nSPS) is 11.6. The number of benzene rings is 1. The maximum Gasteiger partial charge on any atom is 0.315 e. The molecule has 0 fully saturated rings. The van der Waals surface area contributed by atoms with E-state index in [1.807, 2.05) is 37.3 Å². The minimum atomic E-state index is -0.241. The topological polar surface area (TPSA) is 29.5 Å². The monoisotopic (exact) mass is 233 g/mol. The maximum absolute atomic E-state index is 11.5. The fourth-order valence-electron chi connectivity index (χ4n) is 1.66. The Morgan fingerprint density at radius 2 is 2.12 bits per heavy atom. The average Bonchev–Trinajstić information content (AvgIpc) is 2.37. The zero-order valence-electron chi connectivity index (χ0n) is 10.4. The molecule has 0 aromatic heterocycles. The Bertz CT molecular complexity index is 362. The summed E-state index contributed by atoms with van der Waals surface area (Å²) in [6.07, 6.45) is 1.18. The lowest BCUT2D eigenvalue weighted by molar-refractivity contribution is -0.141. The largest absolute Gasteiger partial charge is 0.435 e. The molecule has 1 atom stereocenters. The number of hydrogen-bond donors (Lipinski definition) is 0. The van der Waals surface area contributed by atoms with Gasteiger partial charge < -0.3 is 9.64 Å². The number of hydrogen-bond acceptors (Lipinski definition) is 3. The van der Waals surface area contributed by atoms with Crippen LogP contribution in [0.3, 0.4) is 0 Å². The molecule has 17 heavy (non-hydrogen) atoms. The van der Waals surface area contributed by atoms with E-state index in [1.54, 1.807) is 0 Å². The van der Waals surface area contributed by atoms with Crippen molar-refractivity contribution in [1.82, 2.24) is 0 Å². The van der Waals surface area contributed by atoms with Crippen LogP contribution in [-0.2, 0) is 9.53 Å². The van der Waals surface area contributed by atoms with Gasteiger partial charge in [-0.1, -0.05) is 31.7 Å². The zero-order chi connectivity index (χ0) is 12.7. The average molecular weight is 233 g/mol. The van der Waals surface area contributed by atoms with Crippen molar-refractivity contribution in [1.29, 1.82) is 0 Å². The Morgan fingerprint density at radius 3 is 2.65 bits per heavy atom. The van der Waals surface area contributed by atoms with Gasteiger partial charge in [-0.15, -0.1) is 0 Å². The van der Waals surface area contributed by atoms with Crippen LogP contribution in [0.1, 0.15) is 13.8 Å². The van der Waals surface area contributed by atoms with Crippen LogP contribution in [0.25, 0.3) is 0 Å². The molecule has 0 heterocycles. The van der Waals surface area contributed by atoms with Crippen molar-refractivity contribution in [3.8, 4) is 0 Å². The van der Waals surface area contributed by atoms with E-state index in [9.17, 15) is 4.79 Å². The molecule has 1 aromatic carbocycles. The molecule has 92 valence electrons. The summed E-state index contributed by atoms with van der Waals surface area (Å²) in [5.41, 5.74) is 1.12. The second-order valence-corrected chi connectivity index (χ2v) is 3.88. The maximum atomic E-state index is 11.5. The van der Waals surface area contributed by atoms with E-state index in [0.29, 0.717) is 6.54 Å². The minimum Gasteiger partial charge on any atom is -0.435 e. The summed E-state index contributed by atoms with van der Waals surface area (Å²) in [4.78, 5) is 13.7. The summed E-state index contributed by atoms with van der Waals surface area (Å²) in [6, 6.07) is 10.0. The first-order valence-electron chi connectivity index (χ1n) is 5.80. The van der Waals surface area contributed by atoms with Crippen LogP contribution in [0.2, 0.25) is 0 Å². The van der Waals surface area contributed by atoms with Crippen molar-refractivity contribution in [2.45, 2.75) is 13.8 Å². The third-order valence-corrected chi connectivity index (χ3v) is 2.60. The van der Waals surface area contributed by atoms with Crippen molar-refractivity contribution in [2.75, 3.05) is 18.0 Å². The smallest absolute Gasteiger partial charge is 0.315 e. The van der Waals surface area contributed by atoms with Crippen LogP contribution in [-0.4, -0.2) is 19.1 Å². The summed E-state index contributed by atoms with van der Waals surface area (Å²) in [6.45, 7) is 8.81. The van der Waals surface area contributed by atoms with Crippen molar-refractivity contribution in [2.24, 2.45) is 5.92 Å². The molecule has 0 aliphatic rings. The molecule has 0 aliphatic heterocycles. The lowest BCUT2D eigenvalue weighted by Gasteiger charge is -2.25. The first kappa shape index (κ1) is 13.3. The number of rotatable bonds is 6. The van der Waals surface area contributed by atoms with Crippen LogP contribution in [0.5, 0.6) is 0 Å². The molecule has 1 unspecified atom stereocenters. The fraction of sp³-hybridized carbons (Fsp3) is 0.357. The number of para-hydroxylation sites is 1. The number of nitrogens with zero attached hydrogens (tertiary/aromatic N) is 1. The summed E-state index contributed by atoms with van der Waals surface area (Å²) in [5, 5.41) is 0. The Hall–Kier alpha value is -1.77. The van der Waals surface area contributed by atoms with Crippen LogP contribution in [0, 0.1) is 5.92 Å². The molecule has 0 aliphatic carbocycles. The van der Waals surface area contributed by atoms with Gasteiger partial charge in [-0.25, -0.2) is 0 Å². The predicted molar refractivity (Wildman–Crippen MR) is 69.8 cm³/mol. The number of anilines is 1. The molecule has 0 amide bonds. The van der Waals surface area contributed by atoms with Gasteiger partial charge >= 0.3 is 5.97 Å². The molecule has 0 bridgehead atoms. The van der Waals surface area contributed by atoms with Gasteiger partial charge in [0, 0.05) is 18.8 Å². The van der Waals surface area contributed by atoms with E-state index in [2.05, 4.69) is 18.4 Å². The number of esters is 1. The van der Waals surface area contributed by atoms with Crippen molar-refractivity contribution in [3.63, 3.8) is 0 Å². The second kappa shape index (κ2) is 6.74. The van der Waals surface area contributed by atoms with Gasteiger partial charge in [-0.05, 0) is 19.1 Å². The molecular formula is C14H19NO2. The Labute approximate surface area is 103 Å². The molecule has 0 radical (unpaired) electrons. The molecule has 0 saturated carbocycles. The summed E-state index contributed by atoms with van der Waals surface area (Å²) < 4.78 is 4.78. The van der Waals surface area contributed by atoms with Gasteiger partial charge in [-0.2, -0.15) is 0 Å². The molecule has 0 saturated heterocycles. The lowest BCUT2D eigenvalue weighted by Crippen LogP contribution is -2.32. The fourth-order valence-corrected chi connectivity index (χ4v) is 1.66. The summed E-state index contributed by atoms with van der Waals surface area (Å²) >= 11 is 0. The number of carbonyl (C=O) groups excluding carboxylic acids is 1. The molecular weight excluding hydrogens is 214 g/mol. The van der Waals surface area contributed by atoms with E-state index in [1.165, 1.54) is 6.26 Å². The van der Waals surface area contributed by atoms with Gasteiger partial charge in [0.05, 0.1) is 12.2 Å². The highest BCUT2D eigenvalue weighted by molar-refractivity contribution is 5.73. The van der Waals surface area contributed by atoms with E-state index < -0.39 is 0 Å². The van der Waals surface area contributed by atoms with Gasteiger partial charge in [0.1, 0.15) is 0 Å². The van der Waals surface area contributed by atoms with E-state index in [-0.39, 0.29) is 11.9 Å². The number of ether oxygens (including phenoxy) is 1. The number of carbonyl (C=O) groups is 1. The Balaban J connectivity index is 2.64. The van der Waals surface area contributed by atoms with Gasteiger partial charge in [0.15, 0.2) is 0 Å². The van der Waals surface area contributed by atoms with Crippen molar-refractivity contribution >= 4 is 11.7 Å². The highest BCUT2D eigenvalue weighted by Crippen LogP contribution is 2.15. The first-order chi connectivity index (χ1) is 8.19. The standard InChI is InChI=1S/C14H19NO2/c1-4-15(13-9-7-6-8-10-13)11-12(3)14(16)17-5-2/h5-10,12H,2,4,11H2,1,3H3. The molecule has 1 aromatic rings. The van der Waals surface area contributed by atoms with Crippen LogP contribution >= 0.6 is 0 Å². The second-order valence-electron chi connectivity index (χ2n) is 3.88. The van der Waals surface area contributed by atoms with Gasteiger partial charge in [-0.3, -0.25) is 4.79 Å². The zero-order valence-corrected chi connectivity index (χ0v) is 10.4. The minimum absolute atomic E-state index is 0.173. The summed E-state index contributed by atoms with van der Waals surface area (Å²) in [5.74, 6) is -0.414. The molecule has 3 heteroatoms. The van der Waals surface area contributed by atoms with Gasteiger partial charge in [0.25, 0.3) is 0 Å². The van der Waals surface area contributed by atoms with Crippen LogP contribution < -0.4 is 4.90 Å². The molecule has 0 N–H and O–H groups in total. The van der Waals surface area contributed by atoms with Crippen molar-refractivity contribution < 1.29 is 9.53 Å². The van der Waals surface area contributed by atoms with E-state index >= 15 is 0 Å². The molecule has 1 rings (SSSR count). The third-order valence-electron chi connectivity index (χ3n) is 2.60. The lowest BCUT2D eigenvalue weighted by atomic mass is 10.1. The molecule has 0 spiro atoms. The quantitative estimate of drug-likeness (QED) is 0.559. The predicted octanol–water partition coefficient (Wildman–Crippen LogP) is 2.84. The molecule has 3 nitrogen and oxygen atoms in total. The van der Waals surface area contributed by atoms with E-state index in [0.717, 1.165) is 12.2 Å². The summed E-state index contributed by atoms with van der Waals surface area (Å²) in [7, 11) is 0. The third kappa shape index (κ3) is 3.94.